The molecule has 0 saturated carbocycles. The van der Waals surface area contributed by atoms with Gasteiger partial charge >= 0.3 is 0 Å². The minimum absolute atomic E-state index is 0.523. The van der Waals surface area contributed by atoms with Gasteiger partial charge in [0.05, 0.1) is 6.54 Å². The topological polar surface area (TPSA) is 53.6 Å². The molecule has 0 aliphatic rings. The molecule has 4 nitrogen and oxygen atoms in total. The number of hydrogen-bond acceptors (Lipinski definition) is 3. The van der Waals surface area contributed by atoms with Crippen molar-refractivity contribution >= 4 is 0 Å². The molecule has 0 spiro atoms. The Morgan fingerprint density at radius 3 is 2.85 bits per heavy atom. The van der Waals surface area contributed by atoms with E-state index in [4.69, 9.17) is 0 Å². The first kappa shape index (κ1) is 10.2. The first-order chi connectivity index (χ1) is 6.24. The Bertz CT molecular complexity index is 220. The van der Waals surface area contributed by atoms with E-state index in [2.05, 4.69) is 41.3 Å². The lowest BCUT2D eigenvalue weighted by Crippen LogP contribution is -2.31. The zero-order valence-electron chi connectivity index (χ0n) is 8.54. The van der Waals surface area contributed by atoms with Crippen molar-refractivity contribution in [3.63, 3.8) is 0 Å². The van der Waals surface area contributed by atoms with Crippen LogP contribution in [0.3, 0.4) is 0 Å². The van der Waals surface area contributed by atoms with Crippen LogP contribution in [0, 0.1) is 5.92 Å². The molecule has 0 radical (unpaired) electrons. The second-order valence-corrected chi connectivity index (χ2v) is 3.49. The fraction of sp³-hybridized carbons (Fsp3) is 0.778. The summed E-state index contributed by atoms with van der Waals surface area (Å²) in [6.07, 6.45) is 2.73. The zero-order chi connectivity index (χ0) is 9.68. The summed E-state index contributed by atoms with van der Waals surface area (Å²) in [5.41, 5.74) is 0. The Labute approximate surface area is 79.2 Å². The predicted octanol–water partition coefficient (Wildman–Crippen LogP) is 1.33. The molecule has 13 heavy (non-hydrogen) atoms. The summed E-state index contributed by atoms with van der Waals surface area (Å²) >= 11 is 0. The first-order valence-electron chi connectivity index (χ1n) is 4.81. The molecule has 2 N–H and O–H groups in total. The standard InChI is InChI=1S/C9H18N4/c1-4-7(2)8(3)10-5-9-11-6-12-13-9/h6-8,10H,4-5H2,1-3H3,(H,11,12,13). The van der Waals surface area contributed by atoms with Crippen LogP contribution in [0.5, 0.6) is 0 Å². The normalized spacial score (nSPS) is 15.6. The molecule has 4 heteroatoms. The number of nitrogens with zero attached hydrogens (tertiary/aromatic N) is 2. The van der Waals surface area contributed by atoms with Gasteiger partial charge in [0.1, 0.15) is 12.2 Å². The molecule has 0 bridgehead atoms. The Kier molecular flexibility index (Phi) is 3.89. The maximum atomic E-state index is 4.04. The number of nitrogens with one attached hydrogen (secondary N) is 2. The van der Waals surface area contributed by atoms with Crippen LogP contribution in [-0.4, -0.2) is 21.2 Å². The smallest absolute Gasteiger partial charge is 0.138 e. The van der Waals surface area contributed by atoms with Gasteiger partial charge in [0.2, 0.25) is 0 Å². The van der Waals surface area contributed by atoms with E-state index in [1.807, 2.05) is 0 Å². The Morgan fingerprint density at radius 2 is 2.31 bits per heavy atom. The van der Waals surface area contributed by atoms with Gasteiger partial charge in [-0.25, -0.2) is 4.98 Å². The molecule has 0 aliphatic heterocycles. The van der Waals surface area contributed by atoms with Crippen LogP contribution in [0.2, 0.25) is 0 Å². The van der Waals surface area contributed by atoms with Gasteiger partial charge in [0, 0.05) is 6.04 Å². The Morgan fingerprint density at radius 1 is 1.54 bits per heavy atom. The van der Waals surface area contributed by atoms with Gasteiger partial charge in [-0.15, -0.1) is 0 Å². The van der Waals surface area contributed by atoms with E-state index in [1.165, 1.54) is 12.7 Å². The van der Waals surface area contributed by atoms with Crippen LogP contribution in [0.1, 0.15) is 33.0 Å². The minimum atomic E-state index is 0.523. The van der Waals surface area contributed by atoms with Crippen molar-refractivity contribution in [1.82, 2.24) is 20.5 Å². The number of aromatic amines is 1. The minimum Gasteiger partial charge on any atom is -0.307 e. The zero-order valence-corrected chi connectivity index (χ0v) is 8.54. The molecule has 2 atom stereocenters. The van der Waals surface area contributed by atoms with Crippen molar-refractivity contribution in [1.29, 1.82) is 0 Å². The quantitative estimate of drug-likeness (QED) is 0.722. The lowest BCUT2D eigenvalue weighted by atomic mass is 10.0. The molecule has 0 amide bonds. The molecule has 0 saturated heterocycles. The lowest BCUT2D eigenvalue weighted by Gasteiger charge is -2.18. The van der Waals surface area contributed by atoms with E-state index in [1.54, 1.807) is 0 Å². The highest BCUT2D eigenvalue weighted by Gasteiger charge is 2.09. The average Bonchev–Trinajstić information content (AvgIpc) is 2.65. The molecule has 0 fully saturated rings. The molecule has 0 aliphatic carbocycles. The van der Waals surface area contributed by atoms with Crippen LogP contribution in [0.4, 0.5) is 0 Å². The monoisotopic (exact) mass is 182 g/mol. The van der Waals surface area contributed by atoms with Crippen molar-refractivity contribution < 1.29 is 0 Å². The number of rotatable bonds is 5. The summed E-state index contributed by atoms with van der Waals surface area (Å²) in [4.78, 5) is 4.04. The van der Waals surface area contributed by atoms with Crippen LogP contribution < -0.4 is 5.32 Å². The van der Waals surface area contributed by atoms with Crippen molar-refractivity contribution in [2.45, 2.75) is 39.8 Å². The highest BCUT2D eigenvalue weighted by Crippen LogP contribution is 2.06. The summed E-state index contributed by atoms with van der Waals surface area (Å²) in [5.74, 6) is 1.60. The number of H-pyrrole nitrogens is 1. The van der Waals surface area contributed by atoms with Crippen LogP contribution >= 0.6 is 0 Å². The SMILES string of the molecule is CCC(C)C(C)NCc1ncn[nH]1. The summed E-state index contributed by atoms with van der Waals surface area (Å²) in [6.45, 7) is 7.42. The number of aromatic nitrogens is 3. The third-order valence-corrected chi connectivity index (χ3v) is 2.55. The lowest BCUT2D eigenvalue weighted by molar-refractivity contribution is 0.386. The van der Waals surface area contributed by atoms with Crippen molar-refractivity contribution in [3.8, 4) is 0 Å². The summed E-state index contributed by atoms with van der Waals surface area (Å²) < 4.78 is 0. The third kappa shape index (κ3) is 3.14. The molecule has 2 unspecified atom stereocenters. The molecule has 1 aromatic rings. The average molecular weight is 182 g/mol. The van der Waals surface area contributed by atoms with E-state index in [0.717, 1.165) is 12.4 Å². The number of hydrogen-bond donors (Lipinski definition) is 2. The van der Waals surface area contributed by atoms with Gasteiger partial charge in [0.15, 0.2) is 0 Å². The van der Waals surface area contributed by atoms with E-state index < -0.39 is 0 Å². The second kappa shape index (κ2) is 4.97. The van der Waals surface area contributed by atoms with Crippen LogP contribution in [0.15, 0.2) is 6.33 Å². The largest absolute Gasteiger partial charge is 0.307 e. The van der Waals surface area contributed by atoms with Crippen molar-refractivity contribution in [3.05, 3.63) is 12.2 Å². The molecule has 1 rings (SSSR count). The fourth-order valence-corrected chi connectivity index (χ4v) is 1.13. The highest BCUT2D eigenvalue weighted by molar-refractivity contribution is 4.80. The maximum absolute atomic E-state index is 4.04. The Balaban J connectivity index is 2.26. The van der Waals surface area contributed by atoms with E-state index in [-0.39, 0.29) is 0 Å². The van der Waals surface area contributed by atoms with Gasteiger partial charge < -0.3 is 5.32 Å². The molecule has 0 aromatic carbocycles. The van der Waals surface area contributed by atoms with Gasteiger partial charge in [0.25, 0.3) is 0 Å². The molecular weight excluding hydrogens is 164 g/mol. The van der Waals surface area contributed by atoms with Gasteiger partial charge in [-0.3, -0.25) is 5.10 Å². The van der Waals surface area contributed by atoms with E-state index >= 15 is 0 Å². The molecular formula is C9H18N4. The third-order valence-electron chi connectivity index (χ3n) is 2.55. The van der Waals surface area contributed by atoms with E-state index in [0.29, 0.717) is 12.0 Å². The summed E-state index contributed by atoms with van der Waals surface area (Å²) in [5, 5.41) is 10.0. The van der Waals surface area contributed by atoms with Gasteiger partial charge in [-0.1, -0.05) is 20.3 Å². The Hall–Kier alpha value is -0.900. The molecule has 1 aromatic heterocycles. The predicted molar refractivity (Wildman–Crippen MR) is 52.1 cm³/mol. The van der Waals surface area contributed by atoms with E-state index in [9.17, 15) is 0 Å². The maximum Gasteiger partial charge on any atom is 0.138 e. The highest BCUT2D eigenvalue weighted by atomic mass is 15.2. The summed E-state index contributed by atoms with van der Waals surface area (Å²) in [6, 6.07) is 0.523. The van der Waals surface area contributed by atoms with Gasteiger partial charge in [-0.2, -0.15) is 5.10 Å². The molecule has 1 heterocycles. The van der Waals surface area contributed by atoms with Gasteiger partial charge in [-0.05, 0) is 12.8 Å². The molecule has 74 valence electrons. The second-order valence-electron chi connectivity index (χ2n) is 3.49. The summed E-state index contributed by atoms with van der Waals surface area (Å²) in [7, 11) is 0. The van der Waals surface area contributed by atoms with Crippen molar-refractivity contribution in [2.75, 3.05) is 0 Å². The first-order valence-corrected chi connectivity index (χ1v) is 4.81. The van der Waals surface area contributed by atoms with Crippen molar-refractivity contribution in [2.24, 2.45) is 5.92 Å². The van der Waals surface area contributed by atoms with Crippen LogP contribution in [-0.2, 0) is 6.54 Å². The fourth-order valence-electron chi connectivity index (χ4n) is 1.13. The van der Waals surface area contributed by atoms with Crippen LogP contribution in [0.25, 0.3) is 0 Å².